The first kappa shape index (κ1) is 27.9. The maximum atomic E-state index is 12.8. The molecule has 1 aromatic carbocycles. The van der Waals surface area contributed by atoms with E-state index in [0.717, 1.165) is 5.56 Å². The first-order valence-electron chi connectivity index (χ1n) is 11.6. The number of alkyl halides is 3. The molecule has 1 amide bonds. The van der Waals surface area contributed by atoms with E-state index in [0.29, 0.717) is 24.2 Å². The third kappa shape index (κ3) is 5.81. The summed E-state index contributed by atoms with van der Waals surface area (Å²) in [5.74, 6) is -1.62. The van der Waals surface area contributed by atoms with Crippen LogP contribution in [0.5, 0.6) is 5.75 Å². The molecule has 1 aromatic rings. The number of halogens is 3. The van der Waals surface area contributed by atoms with Gasteiger partial charge >= 0.3 is 12.1 Å². The van der Waals surface area contributed by atoms with Gasteiger partial charge in [-0.25, -0.2) is 0 Å². The van der Waals surface area contributed by atoms with Crippen LogP contribution < -0.4 is 15.4 Å². The molecule has 0 bridgehead atoms. The van der Waals surface area contributed by atoms with Crippen molar-refractivity contribution in [1.29, 1.82) is 5.41 Å². The van der Waals surface area contributed by atoms with Crippen molar-refractivity contribution in [2.24, 2.45) is 0 Å². The van der Waals surface area contributed by atoms with E-state index >= 15 is 0 Å². The number of methoxy groups -OCH3 is 1. The Kier molecular flexibility index (Phi) is 8.01. The van der Waals surface area contributed by atoms with E-state index in [9.17, 15) is 27.9 Å². The van der Waals surface area contributed by atoms with Gasteiger partial charge in [0.25, 0.3) is 0 Å². The van der Waals surface area contributed by atoms with Crippen molar-refractivity contribution in [1.82, 2.24) is 10.6 Å². The van der Waals surface area contributed by atoms with Crippen LogP contribution in [0.3, 0.4) is 0 Å². The lowest BCUT2D eigenvalue weighted by Crippen LogP contribution is -2.66. The maximum absolute atomic E-state index is 12.8. The SMILES string of the molecule is CO[C@](C)(C(C)=O)[C@H]1CCc2cc(C(=N)N[C@H]3C[C@](CC(O)CO)(NC(=O)C(F)(F)F)C3)ccc2O1. The number of amidine groups is 1. The molecule has 36 heavy (non-hydrogen) atoms. The summed E-state index contributed by atoms with van der Waals surface area (Å²) < 4.78 is 49.8. The monoisotopic (exact) mass is 515 g/mol. The molecule has 1 saturated carbocycles. The molecule has 0 saturated heterocycles. The third-order valence-corrected chi connectivity index (χ3v) is 7.13. The standard InChI is InChI=1S/C24H32F3N3O6/c1-13(32)22(2,35-3)19-7-5-14-8-15(4-6-18(14)36-19)20(28)29-16-9-23(10-16,11-17(33)12-31)30-21(34)24(25,26)27/h4,6,8,16-17,19,31,33H,5,7,9-12H2,1-3H3,(H2,28,29)(H,30,34)/t16-,17?,19-,22-,23-/m1/s1. The van der Waals surface area contributed by atoms with E-state index in [1.807, 2.05) is 5.32 Å². The largest absolute Gasteiger partial charge is 0.487 e. The molecule has 1 aliphatic carbocycles. The minimum atomic E-state index is -5.07. The van der Waals surface area contributed by atoms with Crippen molar-refractivity contribution in [3.63, 3.8) is 0 Å². The summed E-state index contributed by atoms with van der Waals surface area (Å²) in [6.45, 7) is 2.49. The number of Topliss-reactive ketones (excluding diaryl/α,β-unsaturated/α-hetero) is 1. The fraction of sp³-hybridized carbons (Fsp3) is 0.625. The molecular formula is C24H32F3N3O6. The van der Waals surface area contributed by atoms with Crippen molar-refractivity contribution >= 4 is 17.5 Å². The van der Waals surface area contributed by atoms with E-state index < -0.39 is 48.1 Å². The van der Waals surface area contributed by atoms with Gasteiger partial charge in [-0.2, -0.15) is 13.2 Å². The van der Waals surface area contributed by atoms with Crippen molar-refractivity contribution in [3.05, 3.63) is 29.3 Å². The zero-order valence-corrected chi connectivity index (χ0v) is 20.4. The number of hydrogen-bond donors (Lipinski definition) is 5. The summed E-state index contributed by atoms with van der Waals surface area (Å²) in [5.41, 5.74) is -1.02. The van der Waals surface area contributed by atoms with Gasteiger partial charge in [0, 0.05) is 24.3 Å². The number of aryl methyl sites for hydroxylation is 1. The summed E-state index contributed by atoms with van der Waals surface area (Å²) in [7, 11) is 1.46. The van der Waals surface area contributed by atoms with E-state index in [1.54, 1.807) is 25.1 Å². The number of amides is 1. The molecule has 12 heteroatoms. The highest BCUT2D eigenvalue weighted by molar-refractivity contribution is 5.97. The Hall–Kier alpha value is -2.70. The number of benzene rings is 1. The molecule has 3 rings (SSSR count). The molecular weight excluding hydrogens is 483 g/mol. The van der Waals surface area contributed by atoms with Gasteiger partial charge in [-0.1, -0.05) is 0 Å². The van der Waals surface area contributed by atoms with E-state index in [2.05, 4.69) is 5.32 Å². The second-order valence-electron chi connectivity index (χ2n) is 9.73. The van der Waals surface area contributed by atoms with Crippen LogP contribution in [-0.4, -0.2) is 77.0 Å². The van der Waals surface area contributed by atoms with Gasteiger partial charge in [0.2, 0.25) is 0 Å². The van der Waals surface area contributed by atoms with Crippen LogP contribution in [0.15, 0.2) is 18.2 Å². The molecule has 1 heterocycles. The zero-order valence-electron chi connectivity index (χ0n) is 20.4. The Bertz CT molecular complexity index is 1010. The average molecular weight is 516 g/mol. The van der Waals surface area contributed by atoms with Crippen LogP contribution in [0.1, 0.15) is 50.7 Å². The van der Waals surface area contributed by atoms with Gasteiger partial charge in [0.05, 0.1) is 12.7 Å². The summed E-state index contributed by atoms with van der Waals surface area (Å²) in [4.78, 5) is 23.6. The number of carbonyl (C=O) groups excluding carboxylic acids is 2. The van der Waals surface area contributed by atoms with Crippen molar-refractivity contribution in [3.8, 4) is 5.75 Å². The highest BCUT2D eigenvalue weighted by Gasteiger charge is 2.51. The first-order chi connectivity index (χ1) is 16.7. The number of ketones is 1. The number of aliphatic hydroxyl groups excluding tert-OH is 2. The summed E-state index contributed by atoms with van der Waals surface area (Å²) in [6.07, 6.45) is -5.82. The van der Waals surface area contributed by atoms with Crippen LogP contribution in [-0.2, 0) is 20.7 Å². The molecule has 0 aromatic heterocycles. The number of carbonyl (C=O) groups is 2. The highest BCUT2D eigenvalue weighted by Crippen LogP contribution is 2.38. The van der Waals surface area contributed by atoms with Gasteiger partial charge in [0.15, 0.2) is 11.4 Å². The zero-order chi connectivity index (χ0) is 26.9. The van der Waals surface area contributed by atoms with Gasteiger partial charge in [-0.15, -0.1) is 0 Å². The predicted octanol–water partition coefficient (Wildman–Crippen LogP) is 1.61. The minimum absolute atomic E-state index is 0.0463. The minimum Gasteiger partial charge on any atom is -0.487 e. The lowest BCUT2D eigenvalue weighted by molar-refractivity contribution is -0.177. The fourth-order valence-corrected chi connectivity index (χ4v) is 4.85. The average Bonchev–Trinajstić information content (AvgIpc) is 2.80. The number of aliphatic hydroxyl groups is 2. The second-order valence-corrected chi connectivity index (χ2v) is 9.73. The van der Waals surface area contributed by atoms with Crippen molar-refractivity contribution in [2.45, 2.75) is 81.5 Å². The molecule has 9 nitrogen and oxygen atoms in total. The molecule has 3 atom stereocenters. The van der Waals surface area contributed by atoms with Crippen molar-refractivity contribution < 1.29 is 42.4 Å². The lowest BCUT2D eigenvalue weighted by Gasteiger charge is -2.49. The number of rotatable bonds is 9. The number of fused-ring (bicyclic) bond motifs is 1. The van der Waals surface area contributed by atoms with Gasteiger partial charge < -0.3 is 30.3 Å². The molecule has 0 spiro atoms. The Balaban J connectivity index is 1.64. The number of hydrogen-bond acceptors (Lipinski definition) is 7. The second kappa shape index (κ2) is 10.3. The molecule has 1 fully saturated rings. The quantitative estimate of drug-likeness (QED) is 0.249. The van der Waals surface area contributed by atoms with Gasteiger partial charge in [-0.3, -0.25) is 15.0 Å². The van der Waals surface area contributed by atoms with E-state index in [1.165, 1.54) is 14.0 Å². The Morgan fingerprint density at radius 1 is 1.33 bits per heavy atom. The predicted molar refractivity (Wildman–Crippen MR) is 123 cm³/mol. The molecule has 200 valence electrons. The molecule has 0 radical (unpaired) electrons. The molecule has 1 aliphatic heterocycles. The Morgan fingerprint density at radius 3 is 2.56 bits per heavy atom. The van der Waals surface area contributed by atoms with E-state index in [-0.39, 0.29) is 30.9 Å². The van der Waals surface area contributed by atoms with Gasteiger partial charge in [0.1, 0.15) is 17.7 Å². The lowest BCUT2D eigenvalue weighted by atomic mass is 9.69. The first-order valence-corrected chi connectivity index (χ1v) is 11.6. The van der Waals surface area contributed by atoms with Crippen LogP contribution in [0.4, 0.5) is 13.2 Å². The van der Waals surface area contributed by atoms with E-state index in [4.69, 9.17) is 20.0 Å². The normalized spacial score (nSPS) is 25.9. The number of nitrogens with one attached hydrogen (secondary N) is 3. The maximum Gasteiger partial charge on any atom is 0.471 e. The summed E-state index contributed by atoms with van der Waals surface area (Å²) in [6, 6.07) is 4.74. The molecule has 5 N–H and O–H groups in total. The third-order valence-electron chi connectivity index (χ3n) is 7.13. The topological polar surface area (TPSA) is 141 Å². The van der Waals surface area contributed by atoms with Crippen LogP contribution in [0.2, 0.25) is 0 Å². The van der Waals surface area contributed by atoms with Crippen molar-refractivity contribution in [2.75, 3.05) is 13.7 Å². The fourth-order valence-electron chi connectivity index (χ4n) is 4.85. The van der Waals surface area contributed by atoms with Crippen LogP contribution in [0, 0.1) is 5.41 Å². The Morgan fingerprint density at radius 2 is 2.00 bits per heavy atom. The number of ether oxygens (including phenoxy) is 2. The van der Waals surface area contributed by atoms with Crippen LogP contribution >= 0.6 is 0 Å². The smallest absolute Gasteiger partial charge is 0.471 e. The Labute approximate surface area is 206 Å². The molecule has 1 unspecified atom stereocenters. The summed E-state index contributed by atoms with van der Waals surface area (Å²) >= 11 is 0. The highest BCUT2D eigenvalue weighted by atomic mass is 19.4. The van der Waals surface area contributed by atoms with Gasteiger partial charge in [-0.05, 0) is 69.7 Å². The molecule has 2 aliphatic rings. The van der Waals surface area contributed by atoms with Crippen LogP contribution in [0.25, 0.3) is 0 Å². The summed E-state index contributed by atoms with van der Waals surface area (Å²) in [5, 5.41) is 32.2.